The van der Waals surface area contributed by atoms with Gasteiger partial charge in [0.2, 0.25) is 17.7 Å². The monoisotopic (exact) mass is 418 g/mol. The topological polar surface area (TPSA) is 127 Å². The summed E-state index contributed by atoms with van der Waals surface area (Å²) in [5, 5.41) is 11.2. The highest BCUT2D eigenvalue weighted by molar-refractivity contribution is 6.25. The highest BCUT2D eigenvalue weighted by Crippen LogP contribution is 2.49. The fourth-order valence-electron chi connectivity index (χ4n) is 5.03. The van der Waals surface area contributed by atoms with Gasteiger partial charge in [-0.1, -0.05) is 36.4 Å². The largest absolute Gasteiger partial charge is 0.368 e. The zero-order valence-corrected chi connectivity index (χ0v) is 16.5. The normalized spacial score (nSPS) is 26.0. The number of fused-ring (bicyclic) bond motifs is 5. The first-order valence-corrected chi connectivity index (χ1v) is 9.79. The van der Waals surface area contributed by atoms with Gasteiger partial charge in [-0.2, -0.15) is 0 Å². The number of amides is 3. The molecule has 156 valence electrons. The number of aryl methyl sites for hydroxylation is 1. The van der Waals surface area contributed by atoms with Crippen molar-refractivity contribution in [1.29, 1.82) is 0 Å². The number of non-ortho nitro benzene ring substituents is 1. The summed E-state index contributed by atoms with van der Waals surface area (Å²) in [4.78, 5) is 52.9. The van der Waals surface area contributed by atoms with Gasteiger partial charge in [0.1, 0.15) is 6.04 Å². The SMILES string of the molecule is Cc1ccc([N+](=O)[O-])cc1N1C(=O)[C@@H]2[C@H](C1=O)[C@H](C(N)=O)N1c3ccccc3C=C[C@@H]21. The summed E-state index contributed by atoms with van der Waals surface area (Å²) in [5.41, 5.74) is 7.82. The van der Waals surface area contributed by atoms with Crippen LogP contribution in [0.4, 0.5) is 17.1 Å². The summed E-state index contributed by atoms with van der Waals surface area (Å²) >= 11 is 0. The van der Waals surface area contributed by atoms with E-state index in [0.717, 1.165) is 16.2 Å². The number of benzene rings is 2. The van der Waals surface area contributed by atoms with Crippen LogP contribution in [-0.2, 0) is 14.4 Å². The Labute approximate surface area is 176 Å². The van der Waals surface area contributed by atoms with Gasteiger partial charge in [0, 0.05) is 17.8 Å². The molecule has 3 aliphatic rings. The summed E-state index contributed by atoms with van der Waals surface area (Å²) < 4.78 is 0. The molecule has 2 N–H and O–H groups in total. The van der Waals surface area contributed by atoms with E-state index >= 15 is 0 Å². The summed E-state index contributed by atoms with van der Waals surface area (Å²) in [6.07, 6.45) is 3.69. The van der Waals surface area contributed by atoms with Gasteiger partial charge in [-0.25, -0.2) is 4.90 Å². The van der Waals surface area contributed by atoms with Crippen LogP contribution < -0.4 is 15.5 Å². The maximum absolute atomic E-state index is 13.5. The molecule has 0 saturated carbocycles. The van der Waals surface area contributed by atoms with Crippen LogP contribution in [-0.4, -0.2) is 34.7 Å². The summed E-state index contributed by atoms with van der Waals surface area (Å²) in [6, 6.07) is 9.92. The first-order valence-electron chi connectivity index (χ1n) is 9.79. The zero-order valence-electron chi connectivity index (χ0n) is 16.5. The number of nitrogens with zero attached hydrogens (tertiary/aromatic N) is 3. The molecule has 3 amide bonds. The van der Waals surface area contributed by atoms with Crippen LogP contribution >= 0.6 is 0 Å². The van der Waals surface area contributed by atoms with Gasteiger partial charge in [-0.05, 0) is 24.1 Å². The van der Waals surface area contributed by atoms with E-state index in [2.05, 4.69) is 0 Å². The number of carbonyl (C=O) groups excluding carboxylic acids is 3. The molecule has 0 radical (unpaired) electrons. The van der Waals surface area contributed by atoms with E-state index in [1.807, 2.05) is 36.4 Å². The Morgan fingerprint density at radius 1 is 1.06 bits per heavy atom. The van der Waals surface area contributed by atoms with Crippen molar-refractivity contribution in [2.75, 3.05) is 9.80 Å². The molecular formula is C22H18N4O5. The molecule has 9 heteroatoms. The molecule has 0 unspecified atom stereocenters. The molecule has 4 atom stereocenters. The molecule has 2 saturated heterocycles. The number of nitro benzene ring substituents is 1. The van der Waals surface area contributed by atoms with Crippen molar-refractivity contribution in [3.63, 3.8) is 0 Å². The summed E-state index contributed by atoms with van der Waals surface area (Å²) in [5.74, 6) is -3.52. The van der Waals surface area contributed by atoms with Gasteiger partial charge in [0.05, 0.1) is 28.5 Å². The van der Waals surface area contributed by atoms with Gasteiger partial charge in [0.15, 0.2) is 0 Å². The molecule has 0 aliphatic carbocycles. The predicted octanol–water partition coefficient (Wildman–Crippen LogP) is 1.78. The minimum Gasteiger partial charge on any atom is -0.368 e. The first kappa shape index (κ1) is 19.0. The van der Waals surface area contributed by atoms with Crippen LogP contribution in [0.15, 0.2) is 48.5 Å². The van der Waals surface area contributed by atoms with Crippen LogP contribution in [0.25, 0.3) is 6.08 Å². The summed E-state index contributed by atoms with van der Waals surface area (Å²) in [6.45, 7) is 1.67. The van der Waals surface area contributed by atoms with Crippen molar-refractivity contribution in [1.82, 2.24) is 0 Å². The molecular weight excluding hydrogens is 400 g/mol. The lowest BCUT2D eigenvalue weighted by molar-refractivity contribution is -0.384. The number of nitro groups is 1. The van der Waals surface area contributed by atoms with Crippen molar-refractivity contribution >= 4 is 40.9 Å². The highest BCUT2D eigenvalue weighted by Gasteiger charge is 2.64. The van der Waals surface area contributed by atoms with Gasteiger partial charge in [0.25, 0.3) is 5.69 Å². The Kier molecular flexibility index (Phi) is 3.98. The van der Waals surface area contributed by atoms with E-state index in [4.69, 9.17) is 5.73 Å². The number of para-hydroxylation sites is 1. The van der Waals surface area contributed by atoms with E-state index in [0.29, 0.717) is 5.56 Å². The third kappa shape index (κ3) is 2.52. The molecule has 3 heterocycles. The van der Waals surface area contributed by atoms with Crippen LogP contribution in [0.3, 0.4) is 0 Å². The molecule has 0 aromatic heterocycles. The number of carbonyl (C=O) groups is 3. The zero-order chi connectivity index (χ0) is 22.0. The second kappa shape index (κ2) is 6.49. The molecule has 31 heavy (non-hydrogen) atoms. The van der Waals surface area contributed by atoms with Crippen LogP contribution in [0.1, 0.15) is 11.1 Å². The molecule has 5 rings (SSSR count). The highest BCUT2D eigenvalue weighted by atomic mass is 16.6. The number of primary amides is 1. The smallest absolute Gasteiger partial charge is 0.271 e. The van der Waals surface area contributed by atoms with Crippen molar-refractivity contribution in [3.05, 3.63) is 69.8 Å². The van der Waals surface area contributed by atoms with Crippen molar-refractivity contribution in [2.45, 2.75) is 19.0 Å². The standard InChI is InChI=1S/C22H18N4O5/c1-11-6-8-13(26(30)31)10-16(11)25-21(28)17-15-9-7-12-4-2-3-5-14(12)24(15)19(20(23)27)18(17)22(25)29/h2-10,15,17-19H,1H3,(H2,23,27)/t15-,17-,18-,19+/m0/s1. The average Bonchev–Trinajstić information content (AvgIpc) is 3.22. The number of rotatable bonds is 3. The van der Waals surface area contributed by atoms with E-state index in [1.54, 1.807) is 11.8 Å². The third-order valence-corrected chi connectivity index (χ3v) is 6.35. The maximum Gasteiger partial charge on any atom is 0.271 e. The van der Waals surface area contributed by atoms with E-state index < -0.39 is 46.6 Å². The Bertz CT molecular complexity index is 1210. The molecule has 3 aliphatic heterocycles. The van der Waals surface area contributed by atoms with E-state index in [1.165, 1.54) is 18.2 Å². The van der Waals surface area contributed by atoms with Crippen molar-refractivity contribution in [2.24, 2.45) is 17.6 Å². The fraction of sp³-hybridized carbons (Fsp3) is 0.227. The average molecular weight is 418 g/mol. The number of imide groups is 1. The van der Waals surface area contributed by atoms with Crippen molar-refractivity contribution < 1.29 is 19.3 Å². The lowest BCUT2D eigenvalue weighted by atomic mass is 9.88. The van der Waals surface area contributed by atoms with Crippen LogP contribution in [0.2, 0.25) is 0 Å². The van der Waals surface area contributed by atoms with E-state index in [9.17, 15) is 24.5 Å². The second-order valence-corrected chi connectivity index (χ2v) is 7.95. The Hall–Kier alpha value is -4.01. The third-order valence-electron chi connectivity index (χ3n) is 6.35. The lowest BCUT2D eigenvalue weighted by Gasteiger charge is -2.36. The van der Waals surface area contributed by atoms with Gasteiger partial charge < -0.3 is 10.6 Å². The Morgan fingerprint density at radius 2 is 1.77 bits per heavy atom. The lowest BCUT2D eigenvalue weighted by Crippen LogP contribution is -2.51. The summed E-state index contributed by atoms with van der Waals surface area (Å²) in [7, 11) is 0. The maximum atomic E-state index is 13.5. The molecule has 2 aromatic rings. The molecule has 9 nitrogen and oxygen atoms in total. The number of nitrogens with two attached hydrogens (primary N) is 1. The van der Waals surface area contributed by atoms with Crippen LogP contribution in [0.5, 0.6) is 0 Å². The first-order chi connectivity index (χ1) is 14.8. The predicted molar refractivity (Wildman–Crippen MR) is 112 cm³/mol. The Morgan fingerprint density at radius 3 is 2.48 bits per heavy atom. The number of hydrogen-bond acceptors (Lipinski definition) is 6. The number of hydrogen-bond donors (Lipinski definition) is 1. The number of anilines is 2. The van der Waals surface area contributed by atoms with Gasteiger partial charge in [-0.15, -0.1) is 0 Å². The molecule has 2 aromatic carbocycles. The van der Waals surface area contributed by atoms with Gasteiger partial charge in [-0.3, -0.25) is 24.5 Å². The van der Waals surface area contributed by atoms with Crippen LogP contribution in [0, 0.1) is 28.9 Å². The minimum absolute atomic E-state index is 0.161. The van der Waals surface area contributed by atoms with Gasteiger partial charge >= 0.3 is 0 Å². The second-order valence-electron chi connectivity index (χ2n) is 7.95. The van der Waals surface area contributed by atoms with E-state index in [-0.39, 0.29) is 11.4 Å². The molecule has 0 spiro atoms. The quantitative estimate of drug-likeness (QED) is 0.460. The molecule has 0 bridgehead atoms. The minimum atomic E-state index is -0.999. The van der Waals surface area contributed by atoms with Crippen molar-refractivity contribution in [3.8, 4) is 0 Å². The fourth-order valence-corrected chi connectivity index (χ4v) is 5.03. The molecule has 2 fully saturated rings. The Balaban J connectivity index is 1.63.